The summed E-state index contributed by atoms with van der Waals surface area (Å²) in [5, 5.41) is 0. The maximum atomic E-state index is 11.1. The molecule has 0 N–H and O–H groups in total. The van der Waals surface area contributed by atoms with Gasteiger partial charge in [-0.3, -0.25) is 4.79 Å². The predicted octanol–water partition coefficient (Wildman–Crippen LogP) is 1.93. The topological polar surface area (TPSA) is 17.1 Å². The van der Waals surface area contributed by atoms with Crippen molar-refractivity contribution in [2.75, 3.05) is 0 Å². The van der Waals surface area contributed by atoms with Crippen LogP contribution in [-0.2, 0) is 4.79 Å². The van der Waals surface area contributed by atoms with Gasteiger partial charge in [0.1, 0.15) is 0 Å². The van der Waals surface area contributed by atoms with Crippen LogP contribution in [0.25, 0.3) is 0 Å². The van der Waals surface area contributed by atoms with Gasteiger partial charge in [0.05, 0.1) is 0 Å². The van der Waals surface area contributed by atoms with Crippen molar-refractivity contribution in [3.05, 3.63) is 12.2 Å². The van der Waals surface area contributed by atoms with Gasteiger partial charge in [-0.05, 0) is 31.3 Å². The molecular formula is C9H12O. The van der Waals surface area contributed by atoms with Crippen molar-refractivity contribution in [3.63, 3.8) is 0 Å². The molecule has 2 atom stereocenters. The highest BCUT2D eigenvalue weighted by Gasteiger charge is 2.27. The van der Waals surface area contributed by atoms with Crippen molar-refractivity contribution in [2.45, 2.75) is 25.7 Å². The molecular weight excluding hydrogens is 124 g/mol. The maximum absolute atomic E-state index is 11.1. The molecule has 2 aliphatic rings. The zero-order chi connectivity index (χ0) is 6.97. The molecule has 0 aromatic rings. The third-order valence-electron chi connectivity index (χ3n) is 2.65. The first-order valence-electron chi connectivity index (χ1n) is 4.08. The fourth-order valence-electron chi connectivity index (χ4n) is 2.03. The summed E-state index contributed by atoms with van der Waals surface area (Å²) >= 11 is 0. The Hall–Kier alpha value is -0.590. The molecule has 1 heteroatoms. The molecule has 1 saturated carbocycles. The van der Waals surface area contributed by atoms with Gasteiger partial charge in [-0.25, -0.2) is 0 Å². The van der Waals surface area contributed by atoms with E-state index in [0.29, 0.717) is 11.7 Å². The minimum absolute atomic E-state index is 0.371. The van der Waals surface area contributed by atoms with Gasteiger partial charge >= 0.3 is 0 Å². The van der Waals surface area contributed by atoms with Crippen molar-refractivity contribution in [3.8, 4) is 0 Å². The highest BCUT2D eigenvalue weighted by atomic mass is 16.1. The third-order valence-corrected chi connectivity index (χ3v) is 2.65. The van der Waals surface area contributed by atoms with Crippen LogP contribution in [0.2, 0.25) is 0 Å². The highest BCUT2D eigenvalue weighted by Crippen LogP contribution is 2.33. The summed E-state index contributed by atoms with van der Waals surface area (Å²) in [6, 6.07) is 0. The van der Waals surface area contributed by atoms with Crippen LogP contribution >= 0.6 is 0 Å². The Morgan fingerprint density at radius 2 is 2.30 bits per heavy atom. The number of rotatable bonds is 0. The maximum Gasteiger partial charge on any atom is 0.158 e. The Labute approximate surface area is 61.1 Å². The van der Waals surface area contributed by atoms with E-state index < -0.39 is 0 Å². The van der Waals surface area contributed by atoms with Crippen LogP contribution in [-0.4, -0.2) is 5.78 Å². The second-order valence-electron chi connectivity index (χ2n) is 3.39. The summed E-state index contributed by atoms with van der Waals surface area (Å²) in [7, 11) is 0. The van der Waals surface area contributed by atoms with Crippen molar-refractivity contribution < 1.29 is 4.79 Å². The molecule has 1 nitrogen and oxygen atoms in total. The molecule has 10 heavy (non-hydrogen) atoms. The number of carbonyl (C=O) groups is 1. The molecule has 0 amide bonds. The van der Waals surface area contributed by atoms with E-state index in [1.807, 2.05) is 0 Å². The van der Waals surface area contributed by atoms with Gasteiger partial charge in [0.25, 0.3) is 0 Å². The Balaban J connectivity index is 2.21. The first kappa shape index (κ1) is 6.14. The molecule has 2 bridgehead atoms. The third kappa shape index (κ3) is 0.898. The minimum Gasteiger partial charge on any atom is -0.295 e. The fraction of sp³-hybridized carbons (Fsp3) is 0.667. The Bertz CT molecular complexity index is 181. The Morgan fingerprint density at radius 1 is 1.40 bits per heavy atom. The monoisotopic (exact) mass is 136 g/mol. The lowest BCUT2D eigenvalue weighted by molar-refractivity contribution is -0.120. The Kier molecular flexibility index (Phi) is 1.37. The van der Waals surface area contributed by atoms with Gasteiger partial charge in [0.2, 0.25) is 0 Å². The number of fused-ring (bicyclic) bond motifs is 2. The summed E-state index contributed by atoms with van der Waals surface area (Å²) in [6.07, 6.45) is 8.72. The lowest BCUT2D eigenvalue weighted by Crippen LogP contribution is -2.24. The molecule has 0 saturated heterocycles. The fourth-order valence-corrected chi connectivity index (χ4v) is 2.03. The molecule has 0 spiro atoms. The number of allylic oxidation sites excluding steroid dienone is 2. The second-order valence-corrected chi connectivity index (χ2v) is 3.39. The molecule has 1 fully saturated rings. The van der Waals surface area contributed by atoms with E-state index in [9.17, 15) is 4.79 Å². The van der Waals surface area contributed by atoms with Gasteiger partial charge in [0.15, 0.2) is 5.78 Å². The van der Waals surface area contributed by atoms with Crippen LogP contribution in [0.1, 0.15) is 25.7 Å². The van der Waals surface area contributed by atoms with E-state index in [1.54, 1.807) is 6.08 Å². The van der Waals surface area contributed by atoms with Crippen molar-refractivity contribution >= 4 is 5.78 Å². The first-order valence-corrected chi connectivity index (χ1v) is 4.08. The van der Waals surface area contributed by atoms with Gasteiger partial charge in [-0.2, -0.15) is 0 Å². The average Bonchev–Trinajstić information content (AvgIpc) is 1.99. The summed E-state index contributed by atoms with van der Waals surface area (Å²) in [5.74, 6) is 1.50. The quantitative estimate of drug-likeness (QED) is 0.497. The van der Waals surface area contributed by atoms with E-state index in [2.05, 4.69) is 6.08 Å². The highest BCUT2D eigenvalue weighted by molar-refractivity contribution is 5.92. The number of carbonyl (C=O) groups excluding carboxylic acids is 1. The molecule has 2 aliphatic carbocycles. The van der Waals surface area contributed by atoms with Crippen LogP contribution in [0.5, 0.6) is 0 Å². The number of ketones is 1. The first-order chi connectivity index (χ1) is 4.86. The average molecular weight is 136 g/mol. The SMILES string of the molecule is O=C1C=CC2CCCC1C2. The summed E-state index contributed by atoms with van der Waals surface area (Å²) < 4.78 is 0. The van der Waals surface area contributed by atoms with Crippen molar-refractivity contribution in [1.82, 2.24) is 0 Å². The number of hydrogen-bond acceptors (Lipinski definition) is 1. The number of hydrogen-bond donors (Lipinski definition) is 0. The normalized spacial score (nSPS) is 38.2. The zero-order valence-electron chi connectivity index (χ0n) is 6.05. The van der Waals surface area contributed by atoms with Crippen LogP contribution < -0.4 is 0 Å². The van der Waals surface area contributed by atoms with E-state index >= 15 is 0 Å². The molecule has 0 aliphatic heterocycles. The van der Waals surface area contributed by atoms with Crippen LogP contribution in [0.15, 0.2) is 12.2 Å². The van der Waals surface area contributed by atoms with Gasteiger partial charge in [-0.15, -0.1) is 0 Å². The zero-order valence-corrected chi connectivity index (χ0v) is 6.05. The summed E-state index contributed by atoms with van der Waals surface area (Å²) in [6.45, 7) is 0. The van der Waals surface area contributed by atoms with Crippen LogP contribution in [0.3, 0.4) is 0 Å². The molecule has 0 heterocycles. The van der Waals surface area contributed by atoms with E-state index in [4.69, 9.17) is 0 Å². The standard InChI is InChI=1S/C9H12O/c10-9-5-4-7-2-1-3-8(9)6-7/h4-5,7-8H,1-3,6H2. The lowest BCUT2D eigenvalue weighted by Gasteiger charge is -2.28. The summed E-state index contributed by atoms with van der Waals surface area (Å²) in [5.41, 5.74) is 0. The lowest BCUT2D eigenvalue weighted by atomic mass is 9.76. The van der Waals surface area contributed by atoms with Crippen molar-refractivity contribution in [2.24, 2.45) is 11.8 Å². The van der Waals surface area contributed by atoms with Crippen LogP contribution in [0, 0.1) is 11.8 Å². The Morgan fingerprint density at radius 3 is 3.10 bits per heavy atom. The summed E-state index contributed by atoms with van der Waals surface area (Å²) in [4.78, 5) is 11.1. The molecule has 54 valence electrons. The van der Waals surface area contributed by atoms with E-state index in [0.717, 1.165) is 18.8 Å². The molecule has 0 aromatic carbocycles. The molecule has 2 unspecified atom stereocenters. The van der Waals surface area contributed by atoms with Gasteiger partial charge < -0.3 is 0 Å². The smallest absolute Gasteiger partial charge is 0.158 e. The van der Waals surface area contributed by atoms with E-state index in [-0.39, 0.29) is 0 Å². The molecule has 2 rings (SSSR count). The molecule has 0 aromatic heterocycles. The van der Waals surface area contributed by atoms with Gasteiger partial charge in [0, 0.05) is 5.92 Å². The predicted molar refractivity (Wildman–Crippen MR) is 39.6 cm³/mol. The molecule has 0 radical (unpaired) electrons. The largest absolute Gasteiger partial charge is 0.295 e. The van der Waals surface area contributed by atoms with Crippen molar-refractivity contribution in [1.29, 1.82) is 0 Å². The van der Waals surface area contributed by atoms with Gasteiger partial charge in [-0.1, -0.05) is 12.5 Å². The van der Waals surface area contributed by atoms with E-state index in [1.165, 1.54) is 12.8 Å². The van der Waals surface area contributed by atoms with Crippen LogP contribution in [0.4, 0.5) is 0 Å². The second kappa shape index (κ2) is 2.22. The minimum atomic E-state index is 0.371.